The van der Waals surface area contributed by atoms with Crippen LogP contribution in [0.25, 0.3) is 0 Å². The molecule has 6 nitrogen and oxygen atoms in total. The fourth-order valence-electron chi connectivity index (χ4n) is 1.74. The molecule has 20 heavy (non-hydrogen) atoms. The average Bonchev–Trinajstić information content (AvgIpc) is 2.92. The molecule has 1 aromatic heterocycles. The molecule has 1 amide bonds. The van der Waals surface area contributed by atoms with Gasteiger partial charge in [-0.2, -0.15) is 5.10 Å². The zero-order valence-electron chi connectivity index (χ0n) is 11.0. The third kappa shape index (κ3) is 3.78. The van der Waals surface area contributed by atoms with E-state index in [0.29, 0.717) is 24.4 Å². The first kappa shape index (κ1) is 14.0. The first-order valence-electron chi connectivity index (χ1n) is 6.12. The third-order valence-corrected chi connectivity index (χ3v) is 2.73. The molecule has 0 atom stereocenters. The Morgan fingerprint density at radius 2 is 2.35 bits per heavy atom. The monoisotopic (exact) mass is 278 g/mol. The van der Waals surface area contributed by atoms with Gasteiger partial charge in [0.15, 0.2) is 11.6 Å². The molecule has 2 aromatic rings. The standard InChI is InChI=1S/C13H15FN4O2/c1-20-11-3-2-9(6-10(11)14)7-13(19)15-5-4-12-16-8-17-18-12/h2-3,6,8H,4-5,7H2,1H3,(H,15,19)(H,16,17,18). The molecule has 0 radical (unpaired) electrons. The molecule has 0 saturated heterocycles. The minimum atomic E-state index is -0.473. The van der Waals surface area contributed by atoms with Gasteiger partial charge in [-0.15, -0.1) is 0 Å². The van der Waals surface area contributed by atoms with Crippen molar-refractivity contribution in [1.29, 1.82) is 0 Å². The maximum Gasteiger partial charge on any atom is 0.224 e. The number of aromatic amines is 1. The number of hydrogen-bond acceptors (Lipinski definition) is 4. The van der Waals surface area contributed by atoms with Crippen molar-refractivity contribution in [2.75, 3.05) is 13.7 Å². The molecule has 0 saturated carbocycles. The predicted molar refractivity (Wildman–Crippen MR) is 69.8 cm³/mol. The van der Waals surface area contributed by atoms with Crippen molar-refractivity contribution in [2.45, 2.75) is 12.8 Å². The maximum atomic E-state index is 13.5. The van der Waals surface area contributed by atoms with Gasteiger partial charge in [0.25, 0.3) is 0 Å². The second-order valence-electron chi connectivity index (χ2n) is 4.18. The van der Waals surface area contributed by atoms with Crippen molar-refractivity contribution in [2.24, 2.45) is 0 Å². The molecular weight excluding hydrogens is 263 g/mol. The summed E-state index contributed by atoms with van der Waals surface area (Å²) in [4.78, 5) is 15.6. The van der Waals surface area contributed by atoms with Crippen LogP contribution in [0.2, 0.25) is 0 Å². The molecule has 106 valence electrons. The summed E-state index contributed by atoms with van der Waals surface area (Å²) in [7, 11) is 1.40. The Kier molecular flexibility index (Phi) is 4.65. The fraction of sp³-hybridized carbons (Fsp3) is 0.308. The summed E-state index contributed by atoms with van der Waals surface area (Å²) >= 11 is 0. The average molecular weight is 278 g/mol. The lowest BCUT2D eigenvalue weighted by Crippen LogP contribution is -2.27. The molecule has 1 aromatic carbocycles. The normalized spacial score (nSPS) is 10.3. The molecule has 0 aliphatic carbocycles. The lowest BCUT2D eigenvalue weighted by Gasteiger charge is -2.06. The topological polar surface area (TPSA) is 79.9 Å². The van der Waals surface area contributed by atoms with Gasteiger partial charge < -0.3 is 10.1 Å². The Morgan fingerprint density at radius 3 is 3.00 bits per heavy atom. The van der Waals surface area contributed by atoms with E-state index in [1.165, 1.54) is 25.6 Å². The van der Waals surface area contributed by atoms with E-state index in [2.05, 4.69) is 20.5 Å². The maximum absolute atomic E-state index is 13.5. The van der Waals surface area contributed by atoms with Gasteiger partial charge in [-0.1, -0.05) is 6.07 Å². The van der Waals surface area contributed by atoms with E-state index in [1.807, 2.05) is 0 Å². The number of rotatable bonds is 6. The molecule has 0 spiro atoms. The van der Waals surface area contributed by atoms with Crippen molar-refractivity contribution in [3.63, 3.8) is 0 Å². The first-order chi connectivity index (χ1) is 9.69. The predicted octanol–water partition coefficient (Wildman–Crippen LogP) is 0.854. The van der Waals surface area contributed by atoms with E-state index in [1.54, 1.807) is 6.07 Å². The van der Waals surface area contributed by atoms with Crippen LogP contribution in [0.15, 0.2) is 24.5 Å². The first-order valence-corrected chi connectivity index (χ1v) is 6.12. The molecule has 0 bridgehead atoms. The van der Waals surface area contributed by atoms with Gasteiger partial charge in [-0.25, -0.2) is 9.37 Å². The summed E-state index contributed by atoms with van der Waals surface area (Å²) in [6.07, 6.45) is 2.11. The van der Waals surface area contributed by atoms with Crippen molar-refractivity contribution in [3.8, 4) is 5.75 Å². The molecular formula is C13H15FN4O2. The summed E-state index contributed by atoms with van der Waals surface area (Å²) < 4.78 is 18.3. The molecule has 0 aliphatic heterocycles. The highest BCUT2D eigenvalue weighted by Gasteiger charge is 2.07. The van der Waals surface area contributed by atoms with Crippen molar-refractivity contribution in [1.82, 2.24) is 20.5 Å². The van der Waals surface area contributed by atoms with Gasteiger partial charge in [-0.05, 0) is 17.7 Å². The van der Waals surface area contributed by atoms with Gasteiger partial charge >= 0.3 is 0 Å². The van der Waals surface area contributed by atoms with Crippen LogP contribution in [-0.4, -0.2) is 34.7 Å². The number of amides is 1. The second kappa shape index (κ2) is 6.65. The largest absolute Gasteiger partial charge is 0.494 e. The molecule has 0 unspecified atom stereocenters. The van der Waals surface area contributed by atoms with Crippen LogP contribution in [0.4, 0.5) is 4.39 Å². The Hall–Kier alpha value is -2.44. The van der Waals surface area contributed by atoms with E-state index in [0.717, 1.165) is 0 Å². The van der Waals surface area contributed by atoms with Gasteiger partial charge in [0.2, 0.25) is 5.91 Å². The van der Waals surface area contributed by atoms with Crippen LogP contribution in [0.3, 0.4) is 0 Å². The number of carbonyl (C=O) groups is 1. The zero-order chi connectivity index (χ0) is 14.4. The van der Waals surface area contributed by atoms with E-state index >= 15 is 0 Å². The van der Waals surface area contributed by atoms with Gasteiger partial charge in [0.1, 0.15) is 12.2 Å². The number of H-pyrrole nitrogens is 1. The second-order valence-corrected chi connectivity index (χ2v) is 4.18. The smallest absolute Gasteiger partial charge is 0.224 e. The van der Waals surface area contributed by atoms with Crippen LogP contribution in [0.5, 0.6) is 5.75 Å². The van der Waals surface area contributed by atoms with E-state index in [-0.39, 0.29) is 18.1 Å². The number of nitrogens with one attached hydrogen (secondary N) is 2. The number of carbonyl (C=O) groups excluding carboxylic acids is 1. The van der Waals surface area contributed by atoms with Gasteiger partial charge in [0, 0.05) is 13.0 Å². The molecule has 0 fully saturated rings. The summed E-state index contributed by atoms with van der Waals surface area (Å²) in [5.74, 6) is 0.230. The Bertz CT molecular complexity index is 572. The SMILES string of the molecule is COc1ccc(CC(=O)NCCc2ncn[nH]2)cc1F. The van der Waals surface area contributed by atoms with Gasteiger partial charge in [-0.3, -0.25) is 9.89 Å². The summed E-state index contributed by atoms with van der Waals surface area (Å²) in [6, 6.07) is 4.47. The van der Waals surface area contributed by atoms with E-state index in [9.17, 15) is 9.18 Å². The minimum Gasteiger partial charge on any atom is -0.494 e. The number of benzene rings is 1. The third-order valence-electron chi connectivity index (χ3n) is 2.73. The van der Waals surface area contributed by atoms with Crippen molar-refractivity contribution < 1.29 is 13.9 Å². The number of nitrogens with zero attached hydrogens (tertiary/aromatic N) is 2. The van der Waals surface area contributed by atoms with Crippen molar-refractivity contribution >= 4 is 5.91 Å². The highest BCUT2D eigenvalue weighted by Crippen LogP contribution is 2.17. The van der Waals surface area contributed by atoms with Crippen LogP contribution < -0.4 is 10.1 Å². The molecule has 2 rings (SSSR count). The lowest BCUT2D eigenvalue weighted by atomic mass is 10.1. The van der Waals surface area contributed by atoms with Crippen molar-refractivity contribution in [3.05, 3.63) is 41.7 Å². The highest BCUT2D eigenvalue weighted by atomic mass is 19.1. The molecule has 2 N–H and O–H groups in total. The van der Waals surface area contributed by atoms with Crippen LogP contribution in [0, 0.1) is 5.82 Å². The fourth-order valence-corrected chi connectivity index (χ4v) is 1.74. The minimum absolute atomic E-state index is 0.122. The molecule has 7 heteroatoms. The van der Waals surface area contributed by atoms with Crippen LogP contribution in [-0.2, 0) is 17.6 Å². The zero-order valence-corrected chi connectivity index (χ0v) is 11.0. The quantitative estimate of drug-likeness (QED) is 0.821. The van der Waals surface area contributed by atoms with Gasteiger partial charge in [0.05, 0.1) is 13.5 Å². The number of hydrogen-bond donors (Lipinski definition) is 2. The van der Waals surface area contributed by atoms with E-state index in [4.69, 9.17) is 4.74 Å². The number of methoxy groups -OCH3 is 1. The van der Waals surface area contributed by atoms with E-state index < -0.39 is 5.82 Å². The van der Waals surface area contributed by atoms with Crippen LogP contribution >= 0.6 is 0 Å². The summed E-state index contributed by atoms with van der Waals surface area (Å²) in [5.41, 5.74) is 0.598. The number of ether oxygens (including phenoxy) is 1. The lowest BCUT2D eigenvalue weighted by molar-refractivity contribution is -0.120. The molecule has 1 heterocycles. The Balaban J connectivity index is 1.80. The van der Waals surface area contributed by atoms with Crippen LogP contribution in [0.1, 0.15) is 11.4 Å². The summed E-state index contributed by atoms with van der Waals surface area (Å²) in [5, 5.41) is 9.15. The number of halogens is 1. The number of aromatic nitrogens is 3. The molecule has 0 aliphatic rings. The Morgan fingerprint density at radius 1 is 1.50 bits per heavy atom. The highest BCUT2D eigenvalue weighted by molar-refractivity contribution is 5.78. The Labute approximate surface area is 115 Å². The summed E-state index contributed by atoms with van der Waals surface area (Å²) in [6.45, 7) is 0.451.